The van der Waals surface area contributed by atoms with Crippen molar-refractivity contribution in [2.24, 2.45) is 0 Å². The number of carboxylic acid groups (broad SMARTS) is 1. The first-order valence-electron chi connectivity index (χ1n) is 4.55. The molecule has 0 atom stereocenters. The van der Waals surface area contributed by atoms with E-state index in [1.165, 1.54) is 0 Å². The number of halogens is 1. The van der Waals surface area contributed by atoms with Crippen LogP contribution in [-0.2, 0) is 11.2 Å². The van der Waals surface area contributed by atoms with E-state index in [1.54, 1.807) is 18.4 Å². The maximum Gasteiger partial charge on any atom is 0.303 e. The van der Waals surface area contributed by atoms with Crippen molar-refractivity contribution >= 4 is 28.5 Å². The molecule has 1 aromatic heterocycles. The number of carboxylic acids is 1. The smallest absolute Gasteiger partial charge is 0.303 e. The minimum atomic E-state index is -0.823. The van der Waals surface area contributed by atoms with Gasteiger partial charge in [0.05, 0.1) is 11.3 Å². The first kappa shape index (κ1) is 10.1. The Hall–Kier alpha value is -1.48. The lowest BCUT2D eigenvalue weighted by Crippen LogP contribution is -1.96. The number of carbonyl (C=O) groups is 1. The molecule has 1 heterocycles. The Morgan fingerprint density at radius 3 is 3.00 bits per heavy atom. The van der Waals surface area contributed by atoms with Crippen molar-refractivity contribution in [3.8, 4) is 0 Å². The zero-order valence-corrected chi connectivity index (χ0v) is 8.62. The van der Waals surface area contributed by atoms with Gasteiger partial charge in [-0.05, 0) is 18.6 Å². The summed E-state index contributed by atoms with van der Waals surface area (Å²) in [5.74, 6) is -0.823. The van der Waals surface area contributed by atoms with Crippen molar-refractivity contribution in [1.29, 1.82) is 0 Å². The third-order valence-corrected chi connectivity index (χ3v) is 2.55. The molecule has 0 saturated heterocycles. The largest absolute Gasteiger partial charge is 0.481 e. The van der Waals surface area contributed by atoms with Crippen LogP contribution in [0.1, 0.15) is 12.0 Å². The Morgan fingerprint density at radius 2 is 2.27 bits per heavy atom. The SMILES string of the molecule is O=C(O)CCc1coc2cccc(Cl)c12. The highest BCUT2D eigenvalue weighted by atomic mass is 35.5. The van der Waals surface area contributed by atoms with Gasteiger partial charge in [-0.2, -0.15) is 0 Å². The summed E-state index contributed by atoms with van der Waals surface area (Å²) < 4.78 is 5.28. The van der Waals surface area contributed by atoms with Crippen LogP contribution >= 0.6 is 11.6 Å². The summed E-state index contributed by atoms with van der Waals surface area (Å²) in [5, 5.41) is 10.0. The standard InChI is InChI=1S/C11H9ClO3/c12-8-2-1-3-9-11(8)7(6-15-9)4-5-10(13)14/h1-3,6H,4-5H2,(H,13,14). The molecule has 3 nitrogen and oxygen atoms in total. The molecular formula is C11H9ClO3. The van der Waals surface area contributed by atoms with Gasteiger partial charge >= 0.3 is 5.97 Å². The molecule has 0 aliphatic heterocycles. The average molecular weight is 225 g/mol. The lowest BCUT2D eigenvalue weighted by molar-refractivity contribution is -0.136. The molecule has 78 valence electrons. The summed E-state index contributed by atoms with van der Waals surface area (Å²) in [6.07, 6.45) is 2.09. The summed E-state index contributed by atoms with van der Waals surface area (Å²) in [5.41, 5.74) is 1.54. The van der Waals surface area contributed by atoms with Gasteiger partial charge in [0.2, 0.25) is 0 Å². The van der Waals surface area contributed by atoms with Crippen LogP contribution in [0.25, 0.3) is 11.0 Å². The molecule has 4 heteroatoms. The molecule has 0 saturated carbocycles. The molecule has 1 N–H and O–H groups in total. The quantitative estimate of drug-likeness (QED) is 0.872. The summed E-state index contributed by atoms with van der Waals surface area (Å²) in [7, 11) is 0. The summed E-state index contributed by atoms with van der Waals surface area (Å²) >= 11 is 6.01. The zero-order chi connectivity index (χ0) is 10.8. The van der Waals surface area contributed by atoms with E-state index in [9.17, 15) is 4.79 Å². The number of fused-ring (bicyclic) bond motifs is 1. The van der Waals surface area contributed by atoms with E-state index in [1.807, 2.05) is 6.07 Å². The number of rotatable bonds is 3. The van der Waals surface area contributed by atoms with Crippen molar-refractivity contribution in [3.63, 3.8) is 0 Å². The van der Waals surface area contributed by atoms with Crippen LogP contribution in [0.2, 0.25) is 5.02 Å². The molecule has 2 aromatic rings. The first-order chi connectivity index (χ1) is 7.18. The van der Waals surface area contributed by atoms with E-state index in [-0.39, 0.29) is 6.42 Å². The second-order valence-electron chi connectivity index (χ2n) is 3.27. The Morgan fingerprint density at radius 1 is 1.47 bits per heavy atom. The topological polar surface area (TPSA) is 50.4 Å². The summed E-state index contributed by atoms with van der Waals surface area (Å²) in [4.78, 5) is 10.5. The molecule has 0 radical (unpaired) electrons. The van der Waals surface area contributed by atoms with E-state index in [0.29, 0.717) is 17.0 Å². The molecule has 0 aliphatic rings. The highest BCUT2D eigenvalue weighted by molar-refractivity contribution is 6.35. The third kappa shape index (κ3) is 1.97. The van der Waals surface area contributed by atoms with Gasteiger partial charge in [0.25, 0.3) is 0 Å². The molecule has 0 amide bonds. The van der Waals surface area contributed by atoms with Gasteiger partial charge in [-0.15, -0.1) is 0 Å². The molecule has 0 spiro atoms. The second-order valence-corrected chi connectivity index (χ2v) is 3.67. The van der Waals surface area contributed by atoms with Crippen LogP contribution in [0.5, 0.6) is 0 Å². The molecular weight excluding hydrogens is 216 g/mol. The van der Waals surface area contributed by atoms with Crippen LogP contribution in [0, 0.1) is 0 Å². The highest BCUT2D eigenvalue weighted by Crippen LogP contribution is 2.29. The Labute approximate surface area is 91.3 Å². The molecule has 0 aliphatic carbocycles. The lowest BCUT2D eigenvalue weighted by Gasteiger charge is -1.96. The van der Waals surface area contributed by atoms with E-state index in [4.69, 9.17) is 21.1 Å². The molecule has 15 heavy (non-hydrogen) atoms. The number of hydrogen-bond acceptors (Lipinski definition) is 2. The number of aryl methyl sites for hydroxylation is 1. The summed E-state index contributed by atoms with van der Waals surface area (Å²) in [6.45, 7) is 0. The van der Waals surface area contributed by atoms with E-state index >= 15 is 0 Å². The molecule has 0 fully saturated rings. The maximum absolute atomic E-state index is 10.5. The zero-order valence-electron chi connectivity index (χ0n) is 7.87. The van der Waals surface area contributed by atoms with Gasteiger partial charge in [-0.1, -0.05) is 17.7 Å². The number of hydrogen-bond donors (Lipinski definition) is 1. The molecule has 1 aromatic carbocycles. The highest BCUT2D eigenvalue weighted by Gasteiger charge is 2.10. The molecule has 0 unspecified atom stereocenters. The predicted molar refractivity (Wildman–Crippen MR) is 57.2 cm³/mol. The molecule has 0 bridgehead atoms. The van der Waals surface area contributed by atoms with Gasteiger partial charge in [-0.3, -0.25) is 4.79 Å². The fourth-order valence-electron chi connectivity index (χ4n) is 1.53. The van der Waals surface area contributed by atoms with Crippen molar-refractivity contribution < 1.29 is 14.3 Å². The number of aliphatic carboxylic acids is 1. The van der Waals surface area contributed by atoms with Crippen LogP contribution in [-0.4, -0.2) is 11.1 Å². The molecule has 2 rings (SSSR count). The van der Waals surface area contributed by atoms with Gasteiger partial charge < -0.3 is 9.52 Å². The fraction of sp³-hybridized carbons (Fsp3) is 0.182. The normalized spacial score (nSPS) is 10.7. The van der Waals surface area contributed by atoms with Crippen molar-refractivity contribution in [2.75, 3.05) is 0 Å². The predicted octanol–water partition coefficient (Wildman–Crippen LogP) is 3.10. The van der Waals surface area contributed by atoms with E-state index in [0.717, 1.165) is 10.9 Å². The first-order valence-corrected chi connectivity index (χ1v) is 4.92. The minimum absolute atomic E-state index is 0.0832. The van der Waals surface area contributed by atoms with Gasteiger partial charge in [0.15, 0.2) is 0 Å². The van der Waals surface area contributed by atoms with Gasteiger partial charge in [0.1, 0.15) is 5.58 Å². The maximum atomic E-state index is 10.5. The Kier molecular flexibility index (Phi) is 2.64. The number of benzene rings is 1. The van der Waals surface area contributed by atoms with E-state index < -0.39 is 5.97 Å². The number of furan rings is 1. The fourth-order valence-corrected chi connectivity index (χ4v) is 1.82. The van der Waals surface area contributed by atoms with Crippen molar-refractivity contribution in [2.45, 2.75) is 12.8 Å². The van der Waals surface area contributed by atoms with Crippen LogP contribution in [0.15, 0.2) is 28.9 Å². The Bertz CT molecular complexity index is 502. The second kappa shape index (κ2) is 3.95. The monoisotopic (exact) mass is 224 g/mol. The van der Waals surface area contributed by atoms with Crippen molar-refractivity contribution in [3.05, 3.63) is 35.0 Å². The van der Waals surface area contributed by atoms with Crippen molar-refractivity contribution in [1.82, 2.24) is 0 Å². The Balaban J connectivity index is 2.39. The average Bonchev–Trinajstić information content (AvgIpc) is 2.59. The summed E-state index contributed by atoms with van der Waals surface area (Å²) in [6, 6.07) is 5.38. The van der Waals surface area contributed by atoms with E-state index in [2.05, 4.69) is 0 Å². The third-order valence-electron chi connectivity index (χ3n) is 2.23. The van der Waals surface area contributed by atoms with Gasteiger partial charge in [0, 0.05) is 17.4 Å². The van der Waals surface area contributed by atoms with Gasteiger partial charge in [-0.25, -0.2) is 0 Å². The van der Waals surface area contributed by atoms with Crippen LogP contribution < -0.4 is 0 Å². The minimum Gasteiger partial charge on any atom is -0.481 e. The van der Waals surface area contributed by atoms with Crippen LogP contribution in [0.4, 0.5) is 0 Å². The van der Waals surface area contributed by atoms with Crippen LogP contribution in [0.3, 0.4) is 0 Å². The lowest BCUT2D eigenvalue weighted by atomic mass is 10.1.